The maximum Gasteiger partial charge on any atom is 0.0954 e. The van der Waals surface area contributed by atoms with Crippen LogP contribution in [-0.4, -0.2) is 7.05 Å². The Labute approximate surface area is 106 Å². The van der Waals surface area contributed by atoms with Crippen LogP contribution in [0.25, 0.3) is 0 Å². The molecule has 1 atom stereocenters. The number of fused-ring (bicyclic) bond motifs is 1. The van der Waals surface area contributed by atoms with E-state index < -0.39 is 0 Å². The third kappa shape index (κ3) is 2.05. The molecule has 2 aromatic heterocycles. The Hall–Kier alpha value is -1.06. The molecule has 2 nitrogen and oxygen atoms in total. The fraction of sp³-hybridized carbons (Fsp3) is 0.429. The monoisotopic (exact) mass is 247 g/mol. The highest BCUT2D eigenvalue weighted by Crippen LogP contribution is 2.35. The molecule has 1 aliphatic rings. The van der Waals surface area contributed by atoms with E-state index in [0.29, 0.717) is 0 Å². The fourth-order valence-corrected chi connectivity index (χ4v) is 3.96. The van der Waals surface area contributed by atoms with Crippen LogP contribution in [0, 0.1) is 0 Å². The molecule has 0 saturated carbocycles. The van der Waals surface area contributed by atoms with Gasteiger partial charge in [0.15, 0.2) is 0 Å². The Morgan fingerprint density at radius 3 is 2.94 bits per heavy atom. The summed E-state index contributed by atoms with van der Waals surface area (Å²) in [6, 6.07) is 4.71. The van der Waals surface area contributed by atoms with Gasteiger partial charge in [-0.25, -0.2) is 0 Å². The molecule has 1 N–H and O–H groups in total. The van der Waals surface area contributed by atoms with Gasteiger partial charge >= 0.3 is 0 Å². The van der Waals surface area contributed by atoms with E-state index in [1.165, 1.54) is 36.1 Å². The molecule has 1 unspecified atom stereocenters. The van der Waals surface area contributed by atoms with Gasteiger partial charge in [0.2, 0.25) is 0 Å². The molecule has 0 bridgehead atoms. The highest BCUT2D eigenvalue weighted by Gasteiger charge is 2.19. The lowest BCUT2D eigenvalue weighted by Crippen LogP contribution is -2.15. The highest BCUT2D eigenvalue weighted by atomic mass is 32.1. The van der Waals surface area contributed by atoms with Gasteiger partial charge in [0.1, 0.15) is 0 Å². The molecule has 0 fully saturated rings. The molecule has 0 saturated heterocycles. The van der Waals surface area contributed by atoms with E-state index >= 15 is 0 Å². The summed E-state index contributed by atoms with van der Waals surface area (Å²) < 4.78 is 5.19. The molecular formula is C14H17NOS. The van der Waals surface area contributed by atoms with Crippen LogP contribution in [0.2, 0.25) is 0 Å². The number of thiophene rings is 1. The van der Waals surface area contributed by atoms with Crippen LogP contribution in [0.15, 0.2) is 29.1 Å². The van der Waals surface area contributed by atoms with Crippen LogP contribution < -0.4 is 5.32 Å². The number of aryl methyl sites for hydroxylation is 2. The van der Waals surface area contributed by atoms with Crippen molar-refractivity contribution < 1.29 is 4.42 Å². The quantitative estimate of drug-likeness (QED) is 0.897. The number of hydrogen-bond donors (Lipinski definition) is 1. The van der Waals surface area contributed by atoms with Crippen molar-refractivity contribution >= 4 is 11.3 Å². The first-order valence-corrected chi connectivity index (χ1v) is 7.01. The van der Waals surface area contributed by atoms with Crippen molar-refractivity contribution in [1.29, 1.82) is 0 Å². The Balaban J connectivity index is 1.94. The summed E-state index contributed by atoms with van der Waals surface area (Å²) in [5.41, 5.74) is 2.78. The van der Waals surface area contributed by atoms with Crippen LogP contribution in [0.1, 0.15) is 39.8 Å². The maximum absolute atomic E-state index is 5.19. The summed E-state index contributed by atoms with van der Waals surface area (Å²) in [7, 11) is 2.01. The Kier molecular flexibility index (Phi) is 3.04. The lowest BCUT2D eigenvalue weighted by atomic mass is 9.98. The summed E-state index contributed by atoms with van der Waals surface area (Å²) in [4.78, 5) is 3.01. The smallest absolute Gasteiger partial charge is 0.0954 e. The van der Waals surface area contributed by atoms with Gasteiger partial charge in [-0.05, 0) is 50.4 Å². The average molecular weight is 247 g/mol. The van der Waals surface area contributed by atoms with Gasteiger partial charge in [-0.3, -0.25) is 0 Å². The van der Waals surface area contributed by atoms with Gasteiger partial charge < -0.3 is 9.73 Å². The van der Waals surface area contributed by atoms with E-state index in [0.717, 1.165) is 0 Å². The van der Waals surface area contributed by atoms with Crippen molar-refractivity contribution in [2.24, 2.45) is 0 Å². The highest BCUT2D eigenvalue weighted by molar-refractivity contribution is 7.12. The minimum absolute atomic E-state index is 0.282. The fourth-order valence-electron chi connectivity index (χ4n) is 2.57. The molecule has 0 aliphatic heterocycles. The van der Waals surface area contributed by atoms with Crippen molar-refractivity contribution in [1.82, 2.24) is 5.32 Å². The molecule has 3 rings (SSSR count). The van der Waals surface area contributed by atoms with E-state index in [4.69, 9.17) is 4.42 Å². The largest absolute Gasteiger partial charge is 0.472 e. The summed E-state index contributed by atoms with van der Waals surface area (Å²) in [6.07, 6.45) is 8.80. The topological polar surface area (TPSA) is 25.2 Å². The van der Waals surface area contributed by atoms with Crippen LogP contribution in [0.5, 0.6) is 0 Å². The van der Waals surface area contributed by atoms with Crippen LogP contribution in [0.3, 0.4) is 0 Å². The second-order valence-electron chi connectivity index (χ2n) is 4.58. The second kappa shape index (κ2) is 4.67. The zero-order valence-electron chi connectivity index (χ0n) is 10.0. The molecule has 2 heterocycles. The van der Waals surface area contributed by atoms with Gasteiger partial charge in [0.05, 0.1) is 18.6 Å². The molecular weight excluding hydrogens is 230 g/mol. The molecule has 2 aromatic rings. The molecule has 17 heavy (non-hydrogen) atoms. The van der Waals surface area contributed by atoms with Crippen LogP contribution in [-0.2, 0) is 12.8 Å². The van der Waals surface area contributed by atoms with Gasteiger partial charge in [0.25, 0.3) is 0 Å². The van der Waals surface area contributed by atoms with Crippen molar-refractivity contribution in [3.05, 3.63) is 45.5 Å². The predicted molar refractivity (Wildman–Crippen MR) is 70.6 cm³/mol. The number of nitrogens with one attached hydrogen (secondary N) is 1. The van der Waals surface area contributed by atoms with Gasteiger partial charge in [-0.1, -0.05) is 0 Å². The average Bonchev–Trinajstić information content (AvgIpc) is 2.98. The van der Waals surface area contributed by atoms with E-state index in [9.17, 15) is 0 Å². The van der Waals surface area contributed by atoms with Crippen LogP contribution in [0.4, 0.5) is 0 Å². The first-order valence-electron chi connectivity index (χ1n) is 6.19. The van der Waals surface area contributed by atoms with Gasteiger partial charge in [-0.15, -0.1) is 11.3 Å². The maximum atomic E-state index is 5.19. The molecule has 0 radical (unpaired) electrons. The SMILES string of the molecule is CNC(c1ccoc1)c1cc2c(s1)CCCC2. The Morgan fingerprint density at radius 1 is 1.35 bits per heavy atom. The second-order valence-corrected chi connectivity index (χ2v) is 5.75. The van der Waals surface area contributed by atoms with Crippen molar-refractivity contribution in [3.63, 3.8) is 0 Å². The Morgan fingerprint density at radius 2 is 2.24 bits per heavy atom. The number of furan rings is 1. The third-order valence-electron chi connectivity index (χ3n) is 3.47. The van der Waals surface area contributed by atoms with E-state index in [1.807, 2.05) is 30.7 Å². The van der Waals surface area contributed by atoms with Crippen LogP contribution >= 0.6 is 11.3 Å². The number of rotatable bonds is 3. The zero-order valence-corrected chi connectivity index (χ0v) is 10.8. The lowest BCUT2D eigenvalue weighted by molar-refractivity contribution is 0.558. The first-order chi connectivity index (χ1) is 8.38. The summed E-state index contributed by atoms with van der Waals surface area (Å²) in [6.45, 7) is 0. The van der Waals surface area contributed by atoms with Crippen molar-refractivity contribution in [3.8, 4) is 0 Å². The van der Waals surface area contributed by atoms with Gasteiger partial charge in [0, 0.05) is 15.3 Å². The predicted octanol–water partition coefficient (Wildman–Crippen LogP) is 3.53. The van der Waals surface area contributed by atoms with E-state index in [1.54, 1.807) is 16.7 Å². The standard InChI is InChI=1S/C14H17NOS/c1-15-14(11-6-7-16-9-11)13-8-10-4-2-3-5-12(10)17-13/h6-9,14-15H,2-5H2,1H3. The minimum atomic E-state index is 0.282. The third-order valence-corrected chi connectivity index (χ3v) is 4.77. The molecule has 90 valence electrons. The normalized spacial score (nSPS) is 16.8. The number of hydrogen-bond acceptors (Lipinski definition) is 3. The summed E-state index contributed by atoms with van der Waals surface area (Å²) in [5, 5.41) is 3.38. The molecule has 0 aromatic carbocycles. The van der Waals surface area contributed by atoms with Gasteiger partial charge in [-0.2, -0.15) is 0 Å². The first kappa shape index (κ1) is 11.1. The molecule has 0 spiro atoms. The molecule has 0 amide bonds. The summed E-state index contributed by atoms with van der Waals surface area (Å²) >= 11 is 1.96. The van der Waals surface area contributed by atoms with Crippen molar-refractivity contribution in [2.75, 3.05) is 7.05 Å². The minimum Gasteiger partial charge on any atom is -0.472 e. The van der Waals surface area contributed by atoms with E-state index in [2.05, 4.69) is 11.4 Å². The van der Waals surface area contributed by atoms with Crippen molar-refractivity contribution in [2.45, 2.75) is 31.7 Å². The Bertz CT molecular complexity index is 463. The molecule has 1 aliphatic carbocycles. The zero-order chi connectivity index (χ0) is 11.7. The summed E-state index contributed by atoms with van der Waals surface area (Å²) in [5.74, 6) is 0. The van der Waals surface area contributed by atoms with E-state index in [-0.39, 0.29) is 6.04 Å². The lowest BCUT2D eigenvalue weighted by Gasteiger charge is -2.11. The molecule has 3 heteroatoms.